The number of aromatic nitrogens is 4. The van der Waals surface area contributed by atoms with Crippen molar-refractivity contribution in [1.82, 2.24) is 20.2 Å². The highest BCUT2D eigenvalue weighted by Gasteiger charge is 2.19. The van der Waals surface area contributed by atoms with Crippen molar-refractivity contribution in [3.63, 3.8) is 0 Å². The van der Waals surface area contributed by atoms with Crippen LogP contribution in [0.25, 0.3) is 5.69 Å². The number of aryl methyl sites for hydroxylation is 2. The maximum absolute atomic E-state index is 13.5. The van der Waals surface area contributed by atoms with E-state index in [1.54, 1.807) is 17.0 Å². The van der Waals surface area contributed by atoms with Crippen molar-refractivity contribution in [3.05, 3.63) is 59.4 Å². The number of nitrogens with zero attached hydrogens (tertiary/aromatic N) is 6. The van der Waals surface area contributed by atoms with Crippen LogP contribution in [0.2, 0.25) is 0 Å². The number of carbonyl (C=O) groups is 1. The normalized spacial score (nSPS) is 10.6. The van der Waals surface area contributed by atoms with Gasteiger partial charge in [-0.25, -0.2) is 4.39 Å². The summed E-state index contributed by atoms with van der Waals surface area (Å²) in [5, 5.41) is 20.8. The molecule has 0 saturated heterocycles. The van der Waals surface area contributed by atoms with Gasteiger partial charge in [-0.05, 0) is 65.7 Å². The predicted molar refractivity (Wildman–Crippen MR) is 108 cm³/mol. The first kappa shape index (κ1) is 20.5. The molecule has 0 aliphatic rings. The van der Waals surface area contributed by atoms with E-state index in [1.807, 2.05) is 32.0 Å². The topological polar surface area (TPSA) is 87.7 Å². The second-order valence-corrected chi connectivity index (χ2v) is 7.31. The SMILES string of the molecule is Cc1ccc(N(CCC#N)C(=O)CSc2nnnn2-c2cccc(F)c2)cc1C. The molecule has 0 aliphatic carbocycles. The smallest absolute Gasteiger partial charge is 0.237 e. The van der Waals surface area contributed by atoms with Gasteiger partial charge in [-0.15, -0.1) is 5.10 Å². The summed E-state index contributed by atoms with van der Waals surface area (Å²) >= 11 is 1.16. The molecule has 7 nitrogen and oxygen atoms in total. The summed E-state index contributed by atoms with van der Waals surface area (Å²) in [6.45, 7) is 4.28. The summed E-state index contributed by atoms with van der Waals surface area (Å²) in [4.78, 5) is 14.5. The van der Waals surface area contributed by atoms with E-state index in [-0.39, 0.29) is 18.1 Å². The molecule has 0 bridgehead atoms. The van der Waals surface area contributed by atoms with Gasteiger partial charge in [0.2, 0.25) is 11.1 Å². The van der Waals surface area contributed by atoms with E-state index in [2.05, 4.69) is 21.6 Å². The van der Waals surface area contributed by atoms with Crippen molar-refractivity contribution in [3.8, 4) is 11.8 Å². The second kappa shape index (κ2) is 9.30. The zero-order chi connectivity index (χ0) is 20.8. The molecule has 0 spiro atoms. The number of hydrogen-bond donors (Lipinski definition) is 0. The minimum atomic E-state index is -0.401. The van der Waals surface area contributed by atoms with Crippen LogP contribution in [0.4, 0.5) is 10.1 Å². The lowest BCUT2D eigenvalue weighted by molar-refractivity contribution is -0.116. The minimum Gasteiger partial charge on any atom is -0.311 e. The average Bonchev–Trinajstić information content (AvgIpc) is 3.18. The van der Waals surface area contributed by atoms with Crippen LogP contribution < -0.4 is 4.90 Å². The Bertz CT molecular complexity index is 1060. The van der Waals surface area contributed by atoms with E-state index < -0.39 is 5.82 Å². The molecule has 0 saturated carbocycles. The average molecular weight is 410 g/mol. The van der Waals surface area contributed by atoms with Crippen LogP contribution in [0, 0.1) is 31.0 Å². The van der Waals surface area contributed by atoms with Crippen LogP contribution in [0.5, 0.6) is 0 Å². The van der Waals surface area contributed by atoms with Crippen LogP contribution in [0.3, 0.4) is 0 Å². The zero-order valence-electron chi connectivity index (χ0n) is 16.0. The van der Waals surface area contributed by atoms with Gasteiger partial charge in [-0.3, -0.25) is 4.79 Å². The molecule has 0 atom stereocenters. The summed E-state index contributed by atoms with van der Waals surface area (Å²) in [6, 6.07) is 13.7. The molecule has 0 aliphatic heterocycles. The summed E-state index contributed by atoms with van der Waals surface area (Å²) in [5.74, 6) is -0.488. The molecular formula is C20H19FN6OS. The van der Waals surface area contributed by atoms with Gasteiger partial charge in [-0.2, -0.15) is 9.94 Å². The minimum absolute atomic E-state index is 0.0774. The van der Waals surface area contributed by atoms with Crippen molar-refractivity contribution in [2.45, 2.75) is 25.4 Å². The molecule has 0 unspecified atom stereocenters. The Morgan fingerprint density at radius 2 is 2.07 bits per heavy atom. The van der Waals surface area contributed by atoms with Crippen LogP contribution in [-0.4, -0.2) is 38.4 Å². The van der Waals surface area contributed by atoms with Crippen molar-refractivity contribution >= 4 is 23.4 Å². The molecule has 1 heterocycles. The Morgan fingerprint density at radius 1 is 1.24 bits per heavy atom. The van der Waals surface area contributed by atoms with Gasteiger partial charge < -0.3 is 4.90 Å². The Balaban J connectivity index is 1.77. The molecule has 0 fully saturated rings. The van der Waals surface area contributed by atoms with Crippen LogP contribution in [0.1, 0.15) is 17.5 Å². The summed E-state index contributed by atoms with van der Waals surface area (Å²) in [6.07, 6.45) is 0.227. The number of carbonyl (C=O) groups excluding carboxylic acids is 1. The van der Waals surface area contributed by atoms with Crippen molar-refractivity contribution in [1.29, 1.82) is 5.26 Å². The molecule has 29 heavy (non-hydrogen) atoms. The number of nitriles is 1. The number of anilines is 1. The van der Waals surface area contributed by atoms with Gasteiger partial charge in [-0.1, -0.05) is 23.9 Å². The highest BCUT2D eigenvalue weighted by Crippen LogP contribution is 2.23. The largest absolute Gasteiger partial charge is 0.311 e. The summed E-state index contributed by atoms with van der Waals surface area (Å²) in [5.41, 5.74) is 3.42. The Hall–Kier alpha value is -3.25. The Labute approximate surface area is 172 Å². The number of hydrogen-bond acceptors (Lipinski definition) is 6. The molecule has 3 rings (SSSR count). The van der Waals surface area contributed by atoms with Gasteiger partial charge in [0.05, 0.1) is 23.9 Å². The van der Waals surface area contributed by atoms with Gasteiger partial charge >= 0.3 is 0 Å². The maximum Gasteiger partial charge on any atom is 0.237 e. The van der Waals surface area contributed by atoms with Crippen molar-refractivity contribution in [2.75, 3.05) is 17.2 Å². The first-order valence-corrected chi connectivity index (χ1v) is 9.90. The maximum atomic E-state index is 13.5. The van der Waals surface area contributed by atoms with Gasteiger partial charge in [0.25, 0.3) is 0 Å². The first-order valence-electron chi connectivity index (χ1n) is 8.91. The highest BCUT2D eigenvalue weighted by atomic mass is 32.2. The number of tetrazole rings is 1. The van der Waals surface area contributed by atoms with Crippen LogP contribution >= 0.6 is 11.8 Å². The standard InChI is InChI=1S/C20H19FN6OS/c1-14-7-8-17(11-15(14)2)26(10-4-9-22)19(28)13-29-20-23-24-25-27(20)18-6-3-5-16(21)12-18/h3,5-8,11-12H,4,10,13H2,1-2H3. The number of benzene rings is 2. The first-order chi connectivity index (χ1) is 14.0. The third kappa shape index (κ3) is 4.97. The lowest BCUT2D eigenvalue weighted by Gasteiger charge is -2.22. The van der Waals surface area contributed by atoms with E-state index in [9.17, 15) is 9.18 Å². The van der Waals surface area contributed by atoms with E-state index in [1.165, 1.54) is 16.8 Å². The fourth-order valence-electron chi connectivity index (χ4n) is 2.70. The van der Waals surface area contributed by atoms with E-state index in [0.29, 0.717) is 17.4 Å². The molecule has 3 aromatic rings. The molecule has 0 radical (unpaired) electrons. The number of thioether (sulfide) groups is 1. The Morgan fingerprint density at radius 3 is 2.79 bits per heavy atom. The molecule has 2 aromatic carbocycles. The predicted octanol–water partition coefficient (Wildman–Crippen LogP) is 3.46. The third-order valence-corrected chi connectivity index (χ3v) is 5.27. The van der Waals surface area contributed by atoms with Gasteiger partial charge in [0, 0.05) is 12.2 Å². The Kier molecular flexibility index (Phi) is 6.57. The van der Waals surface area contributed by atoms with E-state index in [4.69, 9.17) is 5.26 Å². The van der Waals surface area contributed by atoms with Gasteiger partial charge in [0.1, 0.15) is 5.82 Å². The lowest BCUT2D eigenvalue weighted by atomic mass is 10.1. The monoisotopic (exact) mass is 410 g/mol. The van der Waals surface area contributed by atoms with Crippen LogP contribution in [0.15, 0.2) is 47.6 Å². The zero-order valence-corrected chi connectivity index (χ0v) is 16.9. The second-order valence-electron chi connectivity index (χ2n) is 6.36. The number of amides is 1. The van der Waals surface area contributed by atoms with E-state index >= 15 is 0 Å². The number of rotatable bonds is 7. The molecule has 1 amide bonds. The van der Waals surface area contributed by atoms with Gasteiger partial charge in [0.15, 0.2) is 0 Å². The summed E-state index contributed by atoms with van der Waals surface area (Å²) in [7, 11) is 0. The number of halogens is 1. The molecule has 1 aromatic heterocycles. The quantitative estimate of drug-likeness (QED) is 0.555. The van der Waals surface area contributed by atoms with Crippen LogP contribution in [-0.2, 0) is 4.79 Å². The van der Waals surface area contributed by atoms with Crippen molar-refractivity contribution < 1.29 is 9.18 Å². The molecule has 0 N–H and O–H groups in total. The molecular weight excluding hydrogens is 391 g/mol. The molecule has 9 heteroatoms. The fraction of sp³-hybridized carbons (Fsp3) is 0.250. The van der Waals surface area contributed by atoms with E-state index in [0.717, 1.165) is 28.6 Å². The summed E-state index contributed by atoms with van der Waals surface area (Å²) < 4.78 is 14.9. The third-order valence-electron chi connectivity index (χ3n) is 4.37. The fourth-order valence-corrected chi connectivity index (χ4v) is 3.46. The lowest BCUT2D eigenvalue weighted by Crippen LogP contribution is -2.33. The van der Waals surface area contributed by atoms with Crippen molar-refractivity contribution in [2.24, 2.45) is 0 Å². The molecule has 148 valence electrons. The highest BCUT2D eigenvalue weighted by molar-refractivity contribution is 7.99.